The Bertz CT molecular complexity index is 1080. The monoisotopic (exact) mass is 422 g/mol. The van der Waals surface area contributed by atoms with Gasteiger partial charge in [0.05, 0.1) is 23.5 Å². The van der Waals surface area contributed by atoms with Crippen LogP contribution < -0.4 is 10.2 Å². The molecule has 1 aromatic heterocycles. The molecule has 0 aliphatic carbocycles. The van der Waals surface area contributed by atoms with E-state index in [0.717, 1.165) is 18.4 Å². The highest BCUT2D eigenvalue weighted by atomic mass is 35.5. The molecule has 154 valence electrons. The summed E-state index contributed by atoms with van der Waals surface area (Å²) in [5, 5.41) is 7.71. The molecule has 1 fully saturated rings. The third-order valence-electron chi connectivity index (χ3n) is 5.29. The molecule has 0 spiro atoms. The Morgan fingerprint density at radius 3 is 2.60 bits per heavy atom. The summed E-state index contributed by atoms with van der Waals surface area (Å²) < 4.78 is 1.75. The van der Waals surface area contributed by atoms with Crippen molar-refractivity contribution in [3.8, 4) is 0 Å². The molecule has 7 heteroatoms. The number of carbonyl (C=O) groups excluding carboxylic acids is 2. The van der Waals surface area contributed by atoms with Gasteiger partial charge in [0, 0.05) is 24.6 Å². The first-order chi connectivity index (χ1) is 14.5. The predicted molar refractivity (Wildman–Crippen MR) is 118 cm³/mol. The predicted octanol–water partition coefficient (Wildman–Crippen LogP) is 4.53. The smallest absolute Gasteiger partial charge is 0.256 e. The zero-order chi connectivity index (χ0) is 21.1. The minimum absolute atomic E-state index is 0.0293. The summed E-state index contributed by atoms with van der Waals surface area (Å²) in [6.07, 6.45) is 3.96. The highest BCUT2D eigenvalue weighted by Crippen LogP contribution is 2.30. The van der Waals surface area contributed by atoms with E-state index in [4.69, 9.17) is 11.6 Å². The molecule has 0 unspecified atom stereocenters. The lowest BCUT2D eigenvalue weighted by atomic mass is 10.1. The van der Waals surface area contributed by atoms with Crippen LogP contribution in [-0.2, 0) is 17.8 Å². The number of carbonyl (C=O) groups is 2. The first kappa shape index (κ1) is 20.2. The average molecular weight is 423 g/mol. The summed E-state index contributed by atoms with van der Waals surface area (Å²) in [5.74, 6) is 0.359. The van der Waals surface area contributed by atoms with Gasteiger partial charge in [0.1, 0.15) is 5.82 Å². The zero-order valence-electron chi connectivity index (χ0n) is 16.8. The number of hydrogen-bond acceptors (Lipinski definition) is 3. The fraction of sp³-hybridized carbons (Fsp3) is 0.261. The van der Waals surface area contributed by atoms with Gasteiger partial charge in [-0.1, -0.05) is 42.8 Å². The van der Waals surface area contributed by atoms with Crippen molar-refractivity contribution in [2.75, 3.05) is 16.8 Å². The van der Waals surface area contributed by atoms with Crippen LogP contribution in [0.25, 0.3) is 0 Å². The van der Waals surface area contributed by atoms with Crippen molar-refractivity contribution in [3.63, 3.8) is 0 Å². The van der Waals surface area contributed by atoms with Gasteiger partial charge in [-0.2, -0.15) is 5.10 Å². The number of amides is 2. The van der Waals surface area contributed by atoms with Gasteiger partial charge in [0.15, 0.2) is 0 Å². The minimum Gasteiger partial charge on any atom is -0.311 e. The number of halogens is 1. The van der Waals surface area contributed by atoms with Gasteiger partial charge in [-0.3, -0.25) is 9.59 Å². The third kappa shape index (κ3) is 4.24. The van der Waals surface area contributed by atoms with Crippen LogP contribution in [0.3, 0.4) is 0 Å². The molecule has 1 aliphatic rings. The van der Waals surface area contributed by atoms with Crippen molar-refractivity contribution in [2.45, 2.75) is 32.7 Å². The van der Waals surface area contributed by atoms with Crippen LogP contribution in [0, 0.1) is 0 Å². The number of benzene rings is 2. The Hall–Kier alpha value is -3.12. The Balaban J connectivity index is 1.51. The standard InChI is InChI=1S/C23H23ClN4O2/c1-2-16-5-7-17(8-6-16)15-28-21(11-12-25-28)26-23(30)18-9-10-19(24)20(14-18)27-13-3-4-22(27)29/h5-12,14H,2-4,13,15H2,1H3,(H,26,30). The van der Waals surface area contributed by atoms with Crippen molar-refractivity contribution < 1.29 is 9.59 Å². The van der Waals surface area contributed by atoms with E-state index in [1.807, 2.05) is 0 Å². The molecule has 0 saturated carbocycles. The van der Waals surface area contributed by atoms with Crippen LogP contribution in [0.1, 0.15) is 41.3 Å². The number of nitrogens with one attached hydrogen (secondary N) is 1. The van der Waals surface area contributed by atoms with Gasteiger partial charge in [0.25, 0.3) is 5.91 Å². The molecule has 0 radical (unpaired) electrons. The Morgan fingerprint density at radius 1 is 1.13 bits per heavy atom. The van der Waals surface area contributed by atoms with Crippen LogP contribution in [0.4, 0.5) is 11.5 Å². The SMILES string of the molecule is CCc1ccc(Cn2nccc2NC(=O)c2ccc(Cl)c(N3CCCC3=O)c2)cc1. The molecule has 30 heavy (non-hydrogen) atoms. The van der Waals surface area contributed by atoms with Gasteiger partial charge >= 0.3 is 0 Å². The van der Waals surface area contributed by atoms with Crippen molar-refractivity contribution >= 4 is 34.9 Å². The molecular weight excluding hydrogens is 400 g/mol. The Kier molecular flexibility index (Phi) is 5.86. The molecule has 1 N–H and O–H groups in total. The van der Waals surface area contributed by atoms with Gasteiger partial charge in [-0.05, 0) is 42.2 Å². The van der Waals surface area contributed by atoms with Crippen LogP contribution in [-0.4, -0.2) is 28.1 Å². The maximum absolute atomic E-state index is 12.9. The molecular formula is C23H23ClN4O2. The summed E-state index contributed by atoms with van der Waals surface area (Å²) >= 11 is 6.29. The van der Waals surface area contributed by atoms with Crippen molar-refractivity contribution in [3.05, 3.63) is 76.4 Å². The van der Waals surface area contributed by atoms with Gasteiger partial charge < -0.3 is 10.2 Å². The molecule has 0 atom stereocenters. The van der Waals surface area contributed by atoms with E-state index < -0.39 is 0 Å². The summed E-state index contributed by atoms with van der Waals surface area (Å²) in [6, 6.07) is 15.1. The second-order valence-electron chi connectivity index (χ2n) is 7.31. The van der Waals surface area contributed by atoms with Crippen LogP contribution in [0.5, 0.6) is 0 Å². The zero-order valence-corrected chi connectivity index (χ0v) is 17.5. The first-order valence-electron chi connectivity index (χ1n) is 10.1. The highest BCUT2D eigenvalue weighted by Gasteiger charge is 2.24. The molecule has 1 aliphatic heterocycles. The minimum atomic E-state index is -0.275. The largest absolute Gasteiger partial charge is 0.311 e. The second kappa shape index (κ2) is 8.71. The maximum Gasteiger partial charge on any atom is 0.256 e. The average Bonchev–Trinajstić information content (AvgIpc) is 3.37. The fourth-order valence-electron chi connectivity index (χ4n) is 3.57. The van der Waals surface area contributed by atoms with E-state index in [2.05, 4.69) is 41.6 Å². The van der Waals surface area contributed by atoms with Crippen LogP contribution >= 0.6 is 11.6 Å². The van der Waals surface area contributed by atoms with E-state index in [-0.39, 0.29) is 11.8 Å². The number of anilines is 2. The summed E-state index contributed by atoms with van der Waals surface area (Å²) in [5.41, 5.74) is 3.40. The maximum atomic E-state index is 12.9. The lowest BCUT2D eigenvalue weighted by Gasteiger charge is -2.18. The first-order valence-corrected chi connectivity index (χ1v) is 10.4. The molecule has 2 heterocycles. The molecule has 4 rings (SSSR count). The van der Waals surface area contributed by atoms with E-state index in [9.17, 15) is 9.59 Å². The number of aromatic nitrogens is 2. The molecule has 3 aromatic rings. The molecule has 6 nitrogen and oxygen atoms in total. The van der Waals surface area contributed by atoms with E-state index in [1.54, 1.807) is 40.0 Å². The van der Waals surface area contributed by atoms with Crippen LogP contribution in [0.15, 0.2) is 54.7 Å². The summed E-state index contributed by atoms with van der Waals surface area (Å²) in [6.45, 7) is 3.30. The second-order valence-corrected chi connectivity index (χ2v) is 7.72. The van der Waals surface area contributed by atoms with E-state index in [0.29, 0.717) is 41.6 Å². The quantitative estimate of drug-likeness (QED) is 0.634. The third-order valence-corrected chi connectivity index (χ3v) is 5.61. The van der Waals surface area contributed by atoms with Crippen molar-refractivity contribution in [1.29, 1.82) is 0 Å². The van der Waals surface area contributed by atoms with Gasteiger partial charge in [-0.15, -0.1) is 0 Å². The molecule has 2 aromatic carbocycles. The molecule has 2 amide bonds. The number of aryl methyl sites for hydroxylation is 1. The summed E-state index contributed by atoms with van der Waals surface area (Å²) in [4.78, 5) is 26.6. The van der Waals surface area contributed by atoms with Gasteiger partial charge in [0.2, 0.25) is 5.91 Å². The molecule has 0 bridgehead atoms. The molecule has 1 saturated heterocycles. The van der Waals surface area contributed by atoms with Crippen molar-refractivity contribution in [1.82, 2.24) is 9.78 Å². The lowest BCUT2D eigenvalue weighted by Crippen LogP contribution is -2.24. The van der Waals surface area contributed by atoms with E-state index in [1.165, 1.54) is 5.56 Å². The Morgan fingerprint density at radius 2 is 1.90 bits per heavy atom. The summed E-state index contributed by atoms with van der Waals surface area (Å²) in [7, 11) is 0. The number of rotatable bonds is 6. The number of hydrogen-bond donors (Lipinski definition) is 1. The number of nitrogens with zero attached hydrogens (tertiary/aromatic N) is 3. The van der Waals surface area contributed by atoms with Crippen molar-refractivity contribution in [2.24, 2.45) is 0 Å². The topological polar surface area (TPSA) is 67.2 Å². The Labute approximate surface area is 180 Å². The van der Waals surface area contributed by atoms with Gasteiger partial charge in [-0.25, -0.2) is 4.68 Å². The van der Waals surface area contributed by atoms with Crippen LogP contribution in [0.2, 0.25) is 5.02 Å². The fourth-order valence-corrected chi connectivity index (χ4v) is 3.79. The van der Waals surface area contributed by atoms with E-state index >= 15 is 0 Å². The lowest BCUT2D eigenvalue weighted by molar-refractivity contribution is -0.117. The highest BCUT2D eigenvalue weighted by molar-refractivity contribution is 6.34. The normalized spacial score (nSPS) is 13.7.